The molecule has 4 N–H and O–H groups in total. The number of nitrogens with two attached hydrogens (primary N) is 2. The first kappa shape index (κ1) is 13.1. The van der Waals surface area contributed by atoms with Crippen molar-refractivity contribution in [3.8, 4) is 0 Å². The Kier molecular flexibility index (Phi) is 3.85. The van der Waals surface area contributed by atoms with E-state index in [1.165, 1.54) is 12.3 Å². The molecule has 0 atom stereocenters. The molecule has 0 unspecified atom stereocenters. The summed E-state index contributed by atoms with van der Waals surface area (Å²) in [6.45, 7) is 1.97. The molecule has 0 fully saturated rings. The molecule has 0 saturated carbocycles. The summed E-state index contributed by atoms with van der Waals surface area (Å²) in [4.78, 5) is 23.2. The van der Waals surface area contributed by atoms with Gasteiger partial charge in [0, 0.05) is 17.8 Å². The lowest BCUT2D eigenvalue weighted by atomic mass is 10.5. The number of esters is 1. The average Bonchev–Trinajstić information content (AvgIpc) is 2.76. The van der Waals surface area contributed by atoms with Crippen LogP contribution in [0.5, 0.6) is 0 Å². The fraction of sp³-hybridized carbons (Fsp3) is 0.200. The lowest BCUT2D eigenvalue weighted by molar-refractivity contribution is 0.0519. The Morgan fingerprint density at radius 1 is 1.37 bits per heavy atom. The van der Waals surface area contributed by atoms with Gasteiger partial charge in [0.25, 0.3) is 5.22 Å². The highest BCUT2D eigenvalue weighted by Crippen LogP contribution is 2.25. The van der Waals surface area contributed by atoms with Crippen LogP contribution in [0, 0.1) is 0 Å². The SMILES string of the molecule is CCOC(=O)c1coc(Sc2nc(N)cc(N)n2)n1. The van der Waals surface area contributed by atoms with Gasteiger partial charge in [-0.3, -0.25) is 0 Å². The highest BCUT2D eigenvalue weighted by atomic mass is 32.2. The molecule has 0 aromatic carbocycles. The van der Waals surface area contributed by atoms with Gasteiger partial charge in [0.1, 0.15) is 17.9 Å². The number of ether oxygens (including phenoxy) is 1. The predicted octanol–water partition coefficient (Wildman–Crippen LogP) is 0.957. The van der Waals surface area contributed by atoms with Crippen molar-refractivity contribution in [3.63, 3.8) is 0 Å². The first-order valence-corrected chi connectivity index (χ1v) is 6.10. The summed E-state index contributed by atoms with van der Waals surface area (Å²) in [5.74, 6) is -0.0644. The molecule has 0 saturated heterocycles. The number of hydrogen-bond acceptors (Lipinski definition) is 9. The maximum atomic E-state index is 11.4. The molecule has 0 radical (unpaired) electrons. The Balaban J connectivity index is 2.13. The number of aromatic nitrogens is 3. The Morgan fingerprint density at radius 3 is 2.68 bits per heavy atom. The van der Waals surface area contributed by atoms with Gasteiger partial charge in [0.05, 0.1) is 6.61 Å². The minimum Gasteiger partial charge on any atom is -0.461 e. The van der Waals surface area contributed by atoms with Crippen molar-refractivity contribution in [1.82, 2.24) is 15.0 Å². The molecule has 2 heterocycles. The Morgan fingerprint density at radius 2 is 2.05 bits per heavy atom. The van der Waals surface area contributed by atoms with Crippen LogP contribution in [0.3, 0.4) is 0 Å². The highest BCUT2D eigenvalue weighted by molar-refractivity contribution is 7.98. The molecule has 0 aliphatic carbocycles. The van der Waals surface area contributed by atoms with Crippen LogP contribution in [0.15, 0.2) is 27.1 Å². The van der Waals surface area contributed by atoms with E-state index in [9.17, 15) is 4.79 Å². The number of oxazole rings is 1. The molecule has 0 aliphatic rings. The van der Waals surface area contributed by atoms with Gasteiger partial charge in [-0.15, -0.1) is 0 Å². The summed E-state index contributed by atoms with van der Waals surface area (Å²) < 4.78 is 9.89. The van der Waals surface area contributed by atoms with Crippen LogP contribution >= 0.6 is 11.8 Å². The van der Waals surface area contributed by atoms with Gasteiger partial charge >= 0.3 is 5.97 Å². The smallest absolute Gasteiger partial charge is 0.360 e. The molecular weight excluding hydrogens is 270 g/mol. The summed E-state index contributed by atoms with van der Waals surface area (Å²) in [6.07, 6.45) is 1.20. The second-order valence-electron chi connectivity index (χ2n) is 3.32. The molecule has 0 aliphatic heterocycles. The zero-order chi connectivity index (χ0) is 13.8. The molecule has 0 spiro atoms. The predicted molar refractivity (Wildman–Crippen MR) is 67.4 cm³/mol. The van der Waals surface area contributed by atoms with Crippen molar-refractivity contribution in [2.45, 2.75) is 17.3 Å². The fourth-order valence-electron chi connectivity index (χ4n) is 1.19. The molecule has 2 aromatic heterocycles. The van der Waals surface area contributed by atoms with Gasteiger partial charge in [-0.25, -0.2) is 14.8 Å². The summed E-state index contributed by atoms with van der Waals surface area (Å²) >= 11 is 1.00. The minimum absolute atomic E-state index is 0.0845. The average molecular weight is 281 g/mol. The maximum Gasteiger partial charge on any atom is 0.360 e. The number of carbonyl (C=O) groups is 1. The standard InChI is InChI=1S/C10H11N5O3S/c1-2-17-8(16)5-4-18-10(13-5)19-9-14-6(11)3-7(12)15-9/h3-4H,2H2,1H3,(H4,11,12,14,15). The first-order chi connectivity index (χ1) is 9.08. The molecule has 2 aromatic rings. The van der Waals surface area contributed by atoms with Crippen molar-refractivity contribution in [1.29, 1.82) is 0 Å². The van der Waals surface area contributed by atoms with Gasteiger partial charge in [0.2, 0.25) is 5.16 Å². The van der Waals surface area contributed by atoms with Gasteiger partial charge < -0.3 is 20.6 Å². The van der Waals surface area contributed by atoms with Crippen molar-refractivity contribution in [3.05, 3.63) is 18.0 Å². The number of nitrogen functional groups attached to an aromatic ring is 2. The van der Waals surface area contributed by atoms with Crippen LogP contribution in [-0.4, -0.2) is 27.5 Å². The van der Waals surface area contributed by atoms with Crippen LogP contribution in [0.25, 0.3) is 0 Å². The number of rotatable bonds is 4. The quantitative estimate of drug-likeness (QED) is 0.621. The van der Waals surface area contributed by atoms with E-state index >= 15 is 0 Å². The molecule has 8 nitrogen and oxygen atoms in total. The fourth-order valence-corrected chi connectivity index (χ4v) is 1.89. The van der Waals surface area contributed by atoms with Crippen molar-refractivity contribution >= 4 is 29.4 Å². The van der Waals surface area contributed by atoms with Crippen LogP contribution in [0.1, 0.15) is 17.4 Å². The number of nitrogens with zero attached hydrogens (tertiary/aromatic N) is 3. The second kappa shape index (κ2) is 5.57. The lowest BCUT2D eigenvalue weighted by Gasteiger charge is -1.99. The highest BCUT2D eigenvalue weighted by Gasteiger charge is 2.15. The summed E-state index contributed by atoms with van der Waals surface area (Å²) in [6, 6.07) is 1.43. The number of carbonyl (C=O) groups excluding carboxylic acids is 1. The van der Waals surface area contributed by atoms with Crippen LogP contribution in [0.4, 0.5) is 11.6 Å². The van der Waals surface area contributed by atoms with E-state index in [4.69, 9.17) is 20.6 Å². The number of anilines is 2. The minimum atomic E-state index is -0.550. The normalized spacial score (nSPS) is 10.4. The molecule has 2 rings (SSSR count). The van der Waals surface area contributed by atoms with E-state index in [1.807, 2.05) is 0 Å². The van der Waals surface area contributed by atoms with E-state index < -0.39 is 5.97 Å². The first-order valence-electron chi connectivity index (χ1n) is 5.29. The monoisotopic (exact) mass is 281 g/mol. The summed E-state index contributed by atoms with van der Waals surface area (Å²) in [5, 5.41) is 0.489. The summed E-state index contributed by atoms with van der Waals surface area (Å²) in [5.41, 5.74) is 11.2. The van der Waals surface area contributed by atoms with Gasteiger partial charge in [-0.2, -0.15) is 4.98 Å². The topological polar surface area (TPSA) is 130 Å². The third kappa shape index (κ3) is 3.35. The third-order valence-corrected chi connectivity index (χ3v) is 2.62. The molecular formula is C10H11N5O3S. The zero-order valence-corrected chi connectivity index (χ0v) is 10.8. The van der Waals surface area contributed by atoms with Crippen molar-refractivity contribution in [2.24, 2.45) is 0 Å². The maximum absolute atomic E-state index is 11.4. The lowest BCUT2D eigenvalue weighted by Crippen LogP contribution is -2.04. The molecule has 0 amide bonds. The van der Waals surface area contributed by atoms with Crippen LogP contribution in [-0.2, 0) is 4.74 Å². The van der Waals surface area contributed by atoms with E-state index in [2.05, 4.69) is 15.0 Å². The van der Waals surface area contributed by atoms with Gasteiger partial charge in [-0.1, -0.05) is 0 Å². The Bertz CT molecular complexity index is 580. The van der Waals surface area contributed by atoms with Gasteiger partial charge in [0.15, 0.2) is 5.69 Å². The van der Waals surface area contributed by atoms with Crippen molar-refractivity contribution < 1.29 is 13.9 Å². The largest absolute Gasteiger partial charge is 0.461 e. The van der Waals surface area contributed by atoms with Crippen LogP contribution in [0.2, 0.25) is 0 Å². The van der Waals surface area contributed by atoms with E-state index in [0.717, 1.165) is 11.8 Å². The van der Waals surface area contributed by atoms with E-state index in [-0.39, 0.29) is 34.3 Å². The molecule has 0 bridgehead atoms. The van der Waals surface area contributed by atoms with Crippen molar-refractivity contribution in [2.75, 3.05) is 18.1 Å². The summed E-state index contributed by atoms with van der Waals surface area (Å²) in [7, 11) is 0. The second-order valence-corrected chi connectivity index (χ2v) is 4.24. The zero-order valence-electron chi connectivity index (χ0n) is 9.99. The Hall–Kier alpha value is -2.29. The molecule has 19 heavy (non-hydrogen) atoms. The van der Waals surface area contributed by atoms with Gasteiger partial charge in [-0.05, 0) is 6.92 Å². The van der Waals surface area contributed by atoms with Crippen LogP contribution < -0.4 is 11.5 Å². The Labute approximate surface area is 112 Å². The van der Waals surface area contributed by atoms with E-state index in [1.54, 1.807) is 6.92 Å². The third-order valence-electron chi connectivity index (χ3n) is 1.89. The molecule has 100 valence electrons. The van der Waals surface area contributed by atoms with E-state index in [0.29, 0.717) is 0 Å². The molecule has 9 heteroatoms. The number of hydrogen-bond donors (Lipinski definition) is 2.